The van der Waals surface area contributed by atoms with Crippen LogP contribution in [-0.2, 0) is 14.4 Å². The van der Waals surface area contributed by atoms with Gasteiger partial charge in [0.2, 0.25) is 17.7 Å². The van der Waals surface area contributed by atoms with E-state index in [2.05, 4.69) is 10.6 Å². The Kier molecular flexibility index (Phi) is 7.81. The second-order valence-corrected chi connectivity index (χ2v) is 8.59. The molecule has 0 unspecified atom stereocenters. The van der Waals surface area contributed by atoms with Gasteiger partial charge in [0.05, 0.1) is 25.8 Å². The molecule has 2 N–H and O–H groups in total. The van der Waals surface area contributed by atoms with Crippen molar-refractivity contribution >= 4 is 29.1 Å². The summed E-state index contributed by atoms with van der Waals surface area (Å²) in [7, 11) is 1.56. The van der Waals surface area contributed by atoms with E-state index in [1.165, 1.54) is 11.0 Å². The number of piperazine rings is 2. The second kappa shape index (κ2) is 11.2. The van der Waals surface area contributed by atoms with E-state index < -0.39 is 6.04 Å². The zero-order valence-corrected chi connectivity index (χ0v) is 19.7. The fourth-order valence-corrected chi connectivity index (χ4v) is 4.42. The van der Waals surface area contributed by atoms with Crippen LogP contribution < -0.4 is 20.3 Å². The number of hydrogen-bond acceptors (Lipinski definition) is 6. The maximum absolute atomic E-state index is 14.1. The smallest absolute Gasteiger partial charge is 0.243 e. The number of amides is 3. The summed E-state index contributed by atoms with van der Waals surface area (Å²) in [6.45, 7) is 3.24. The molecule has 2 saturated heterocycles. The van der Waals surface area contributed by atoms with E-state index in [1.54, 1.807) is 49.6 Å². The second-order valence-electron chi connectivity index (χ2n) is 8.59. The number of anilines is 2. The lowest BCUT2D eigenvalue weighted by molar-refractivity contribution is -0.145. The summed E-state index contributed by atoms with van der Waals surface area (Å²) in [5.74, 6) is -0.470. The Morgan fingerprint density at radius 3 is 2.46 bits per heavy atom. The highest BCUT2D eigenvalue weighted by Gasteiger charge is 2.35. The SMILES string of the molecule is COc1ccc(NC(=O)C[C@H]2C(=O)NCCN2C(=O)CN2CCN(c3ccccc3F)CC2)cc1. The molecule has 2 aliphatic heterocycles. The van der Waals surface area contributed by atoms with E-state index in [1.807, 2.05) is 9.80 Å². The average Bonchev–Trinajstić information content (AvgIpc) is 2.86. The summed E-state index contributed by atoms with van der Waals surface area (Å²) < 4.78 is 19.2. The number of methoxy groups -OCH3 is 1. The van der Waals surface area contributed by atoms with Crippen LogP contribution in [0.1, 0.15) is 6.42 Å². The molecule has 4 rings (SSSR count). The van der Waals surface area contributed by atoms with Gasteiger partial charge in [0.25, 0.3) is 0 Å². The number of carbonyl (C=O) groups excluding carboxylic acids is 3. The molecular formula is C25H30FN5O4. The molecule has 2 aromatic rings. The number of hydrogen-bond donors (Lipinski definition) is 2. The van der Waals surface area contributed by atoms with Gasteiger partial charge in [-0.25, -0.2) is 4.39 Å². The number of rotatable bonds is 7. The van der Waals surface area contributed by atoms with Gasteiger partial charge in [-0.1, -0.05) is 12.1 Å². The van der Waals surface area contributed by atoms with Gasteiger partial charge in [0.15, 0.2) is 0 Å². The molecule has 0 spiro atoms. The van der Waals surface area contributed by atoms with Crippen LogP contribution in [0, 0.1) is 5.82 Å². The minimum atomic E-state index is -0.866. The molecular weight excluding hydrogens is 453 g/mol. The predicted molar refractivity (Wildman–Crippen MR) is 130 cm³/mol. The lowest BCUT2D eigenvalue weighted by Gasteiger charge is -2.39. The molecule has 10 heteroatoms. The fourth-order valence-electron chi connectivity index (χ4n) is 4.42. The molecule has 9 nitrogen and oxygen atoms in total. The summed E-state index contributed by atoms with van der Waals surface area (Å²) >= 11 is 0. The lowest BCUT2D eigenvalue weighted by Crippen LogP contribution is -2.60. The number of para-hydroxylation sites is 1. The largest absolute Gasteiger partial charge is 0.497 e. The standard InChI is InChI=1S/C25H30FN5O4/c1-35-19-8-6-18(7-9-19)28-23(32)16-22-25(34)27-10-11-31(22)24(33)17-29-12-14-30(15-13-29)21-5-3-2-4-20(21)26/h2-9,22H,10-17H2,1H3,(H,27,34)(H,28,32)/t22-/m0/s1. The molecule has 2 fully saturated rings. The molecule has 186 valence electrons. The molecule has 3 amide bonds. The fraction of sp³-hybridized carbons (Fsp3) is 0.400. The maximum Gasteiger partial charge on any atom is 0.243 e. The first-order valence-corrected chi connectivity index (χ1v) is 11.7. The molecule has 2 aromatic carbocycles. The van der Waals surface area contributed by atoms with Crippen molar-refractivity contribution in [3.8, 4) is 5.75 Å². The van der Waals surface area contributed by atoms with Crippen molar-refractivity contribution in [3.63, 3.8) is 0 Å². The molecule has 1 atom stereocenters. The van der Waals surface area contributed by atoms with E-state index in [0.29, 0.717) is 56.4 Å². The molecule has 0 radical (unpaired) electrons. The van der Waals surface area contributed by atoms with Crippen LogP contribution >= 0.6 is 0 Å². The predicted octanol–water partition coefficient (Wildman–Crippen LogP) is 1.31. The number of nitrogens with zero attached hydrogens (tertiary/aromatic N) is 3. The first-order valence-electron chi connectivity index (χ1n) is 11.7. The van der Waals surface area contributed by atoms with Crippen molar-refractivity contribution in [1.82, 2.24) is 15.1 Å². The Balaban J connectivity index is 1.32. The highest BCUT2D eigenvalue weighted by molar-refractivity contribution is 5.97. The van der Waals surface area contributed by atoms with Crippen molar-refractivity contribution in [2.24, 2.45) is 0 Å². The van der Waals surface area contributed by atoms with Crippen molar-refractivity contribution in [3.05, 3.63) is 54.3 Å². The Hall–Kier alpha value is -3.66. The maximum atomic E-state index is 14.1. The van der Waals surface area contributed by atoms with Crippen molar-refractivity contribution < 1.29 is 23.5 Å². The Morgan fingerprint density at radius 1 is 1.06 bits per heavy atom. The quantitative estimate of drug-likeness (QED) is 0.617. The van der Waals surface area contributed by atoms with Gasteiger partial charge >= 0.3 is 0 Å². The van der Waals surface area contributed by atoms with E-state index in [4.69, 9.17) is 4.74 Å². The lowest BCUT2D eigenvalue weighted by atomic mass is 10.1. The van der Waals surface area contributed by atoms with Gasteiger partial charge in [0.1, 0.15) is 17.6 Å². The average molecular weight is 484 g/mol. The topological polar surface area (TPSA) is 94.2 Å². The number of carbonyl (C=O) groups is 3. The van der Waals surface area contributed by atoms with E-state index in [0.717, 1.165) is 0 Å². The van der Waals surface area contributed by atoms with Crippen LogP contribution in [0.25, 0.3) is 0 Å². The van der Waals surface area contributed by atoms with Gasteiger partial charge in [-0.2, -0.15) is 0 Å². The third kappa shape index (κ3) is 6.07. The Morgan fingerprint density at radius 2 is 1.77 bits per heavy atom. The molecule has 2 heterocycles. The minimum Gasteiger partial charge on any atom is -0.497 e. The van der Waals surface area contributed by atoms with Crippen LogP contribution in [0.2, 0.25) is 0 Å². The van der Waals surface area contributed by atoms with Gasteiger partial charge in [-0.15, -0.1) is 0 Å². The molecule has 0 aromatic heterocycles. The third-order valence-electron chi connectivity index (χ3n) is 6.33. The van der Waals surface area contributed by atoms with Crippen LogP contribution in [-0.4, -0.2) is 86.5 Å². The summed E-state index contributed by atoms with van der Waals surface area (Å²) in [5.41, 5.74) is 1.15. The minimum absolute atomic E-state index is 0.134. The number of ether oxygens (including phenoxy) is 1. The number of benzene rings is 2. The Bertz CT molecular complexity index is 1060. The highest BCUT2D eigenvalue weighted by atomic mass is 19.1. The van der Waals surface area contributed by atoms with Crippen LogP contribution in [0.3, 0.4) is 0 Å². The number of halogens is 1. The van der Waals surface area contributed by atoms with Gasteiger partial charge in [-0.05, 0) is 36.4 Å². The van der Waals surface area contributed by atoms with E-state index in [9.17, 15) is 18.8 Å². The van der Waals surface area contributed by atoms with Gasteiger partial charge in [0, 0.05) is 45.0 Å². The summed E-state index contributed by atoms with van der Waals surface area (Å²) in [4.78, 5) is 43.8. The first-order chi connectivity index (χ1) is 16.9. The van der Waals surface area contributed by atoms with Crippen LogP contribution in [0.15, 0.2) is 48.5 Å². The van der Waals surface area contributed by atoms with Crippen molar-refractivity contribution in [1.29, 1.82) is 0 Å². The summed E-state index contributed by atoms with van der Waals surface area (Å²) in [5, 5.41) is 5.52. The zero-order chi connectivity index (χ0) is 24.8. The molecule has 35 heavy (non-hydrogen) atoms. The monoisotopic (exact) mass is 483 g/mol. The molecule has 0 bridgehead atoms. The van der Waals surface area contributed by atoms with Crippen molar-refractivity contribution in [2.45, 2.75) is 12.5 Å². The van der Waals surface area contributed by atoms with Gasteiger partial charge < -0.3 is 25.2 Å². The number of nitrogens with one attached hydrogen (secondary N) is 2. The Labute approximate surface area is 203 Å². The van der Waals surface area contributed by atoms with Gasteiger partial charge in [-0.3, -0.25) is 19.3 Å². The molecule has 2 aliphatic rings. The normalized spacial score (nSPS) is 18.7. The highest BCUT2D eigenvalue weighted by Crippen LogP contribution is 2.21. The zero-order valence-electron chi connectivity index (χ0n) is 19.7. The van der Waals surface area contributed by atoms with Crippen LogP contribution in [0.5, 0.6) is 5.75 Å². The summed E-state index contributed by atoms with van der Waals surface area (Å²) in [6.07, 6.45) is -0.134. The van der Waals surface area contributed by atoms with E-state index >= 15 is 0 Å². The third-order valence-corrected chi connectivity index (χ3v) is 6.33. The molecule has 0 saturated carbocycles. The van der Waals surface area contributed by atoms with E-state index in [-0.39, 0.29) is 36.5 Å². The summed E-state index contributed by atoms with van der Waals surface area (Å²) in [6, 6.07) is 12.7. The first kappa shape index (κ1) is 24.5. The molecule has 0 aliphatic carbocycles. The van der Waals surface area contributed by atoms with Crippen LogP contribution in [0.4, 0.5) is 15.8 Å². The van der Waals surface area contributed by atoms with Crippen molar-refractivity contribution in [2.75, 3.05) is 63.1 Å².